The van der Waals surface area contributed by atoms with Crippen LogP contribution in [0.1, 0.15) is 32.3 Å². The number of carboxylic acids is 1. The summed E-state index contributed by atoms with van der Waals surface area (Å²) < 4.78 is 5.63. The predicted molar refractivity (Wildman–Crippen MR) is 96.3 cm³/mol. The van der Waals surface area contributed by atoms with Crippen LogP contribution in [0.15, 0.2) is 29.2 Å². The molecule has 1 fully saturated rings. The van der Waals surface area contributed by atoms with E-state index >= 15 is 0 Å². The molecule has 1 aliphatic heterocycles. The Balaban J connectivity index is 2.22. The van der Waals surface area contributed by atoms with Gasteiger partial charge in [0.15, 0.2) is 0 Å². The molecule has 0 bridgehead atoms. The summed E-state index contributed by atoms with van der Waals surface area (Å²) in [4.78, 5) is 25.4. The third kappa shape index (κ3) is 4.15. The molecule has 7 heteroatoms. The number of rotatable bonds is 7. The molecule has 0 unspecified atom stereocenters. The Morgan fingerprint density at radius 3 is 2.58 bits per heavy atom. The highest BCUT2D eigenvalue weighted by Gasteiger charge is 2.37. The van der Waals surface area contributed by atoms with Crippen molar-refractivity contribution in [2.45, 2.75) is 32.7 Å². The fourth-order valence-corrected chi connectivity index (χ4v) is 3.71. The van der Waals surface area contributed by atoms with Gasteiger partial charge in [-0.1, -0.05) is 49.5 Å². The van der Waals surface area contributed by atoms with Crippen molar-refractivity contribution in [2.24, 2.45) is 0 Å². The van der Waals surface area contributed by atoms with E-state index in [4.69, 9.17) is 17.0 Å². The van der Waals surface area contributed by atoms with Crippen LogP contribution in [0.3, 0.4) is 0 Å². The molecule has 0 N–H and O–H groups in total. The van der Waals surface area contributed by atoms with Gasteiger partial charge in [0.05, 0.1) is 23.5 Å². The molecule has 24 heavy (non-hydrogen) atoms. The summed E-state index contributed by atoms with van der Waals surface area (Å²) in [6.45, 7) is 4.34. The van der Waals surface area contributed by atoms with Gasteiger partial charge in [0.2, 0.25) is 0 Å². The summed E-state index contributed by atoms with van der Waals surface area (Å²) >= 11 is 6.30. The van der Waals surface area contributed by atoms with Crippen LogP contribution in [-0.2, 0) is 9.59 Å². The summed E-state index contributed by atoms with van der Waals surface area (Å²) in [5.74, 6) is -0.917. The number of thioether (sulfide) groups is 1. The zero-order valence-electron chi connectivity index (χ0n) is 13.5. The normalized spacial score (nSPS) is 17.4. The van der Waals surface area contributed by atoms with E-state index in [1.165, 1.54) is 0 Å². The first-order chi connectivity index (χ1) is 11.5. The van der Waals surface area contributed by atoms with Gasteiger partial charge in [-0.15, -0.1) is 0 Å². The molecule has 1 saturated heterocycles. The Labute approximate surface area is 150 Å². The zero-order chi connectivity index (χ0) is 17.7. The molecule has 0 aliphatic carbocycles. The van der Waals surface area contributed by atoms with Crippen LogP contribution in [0.2, 0.25) is 0 Å². The number of ether oxygens (including phenoxy) is 1. The van der Waals surface area contributed by atoms with Crippen molar-refractivity contribution >= 4 is 46.3 Å². The van der Waals surface area contributed by atoms with Crippen LogP contribution in [0.5, 0.6) is 5.75 Å². The maximum Gasteiger partial charge on any atom is 0.266 e. The molecule has 0 saturated carbocycles. The van der Waals surface area contributed by atoms with E-state index in [1.54, 1.807) is 6.08 Å². The molecule has 0 spiro atoms. The summed E-state index contributed by atoms with van der Waals surface area (Å²) in [6, 6.07) is 6.28. The third-order valence-electron chi connectivity index (χ3n) is 3.46. The minimum Gasteiger partial charge on any atom is -0.548 e. The fraction of sp³-hybridized carbons (Fsp3) is 0.353. The van der Waals surface area contributed by atoms with E-state index in [-0.39, 0.29) is 10.2 Å². The quantitative estimate of drug-likeness (QED) is 0.546. The van der Waals surface area contributed by atoms with Crippen LogP contribution in [-0.4, -0.2) is 33.7 Å². The summed E-state index contributed by atoms with van der Waals surface area (Å²) in [7, 11) is 0. The second-order valence-corrected chi connectivity index (χ2v) is 6.85. The number of carbonyl (C=O) groups excluding carboxylic acids is 2. The molecule has 1 atom stereocenters. The molecule has 1 aliphatic rings. The van der Waals surface area contributed by atoms with E-state index in [1.807, 2.05) is 38.1 Å². The molecule has 2 rings (SSSR count). The summed E-state index contributed by atoms with van der Waals surface area (Å²) in [5, 5.41) is 11.3. The Morgan fingerprint density at radius 2 is 2.04 bits per heavy atom. The van der Waals surface area contributed by atoms with Gasteiger partial charge in [0, 0.05) is 0 Å². The van der Waals surface area contributed by atoms with Gasteiger partial charge in [0.1, 0.15) is 10.1 Å². The van der Waals surface area contributed by atoms with Crippen molar-refractivity contribution in [3.8, 4) is 5.75 Å². The van der Waals surface area contributed by atoms with Gasteiger partial charge < -0.3 is 14.6 Å². The van der Waals surface area contributed by atoms with Gasteiger partial charge >= 0.3 is 0 Å². The van der Waals surface area contributed by atoms with E-state index in [0.717, 1.165) is 28.0 Å². The van der Waals surface area contributed by atoms with E-state index < -0.39 is 12.0 Å². The molecular weight excluding hydrogens is 346 g/mol. The molecule has 0 aromatic heterocycles. The first-order valence-corrected chi connectivity index (χ1v) is 8.91. The third-order valence-corrected chi connectivity index (χ3v) is 4.79. The average Bonchev–Trinajstić information content (AvgIpc) is 2.81. The lowest BCUT2D eigenvalue weighted by molar-refractivity contribution is -0.310. The first-order valence-electron chi connectivity index (χ1n) is 7.68. The number of amides is 1. The minimum atomic E-state index is -1.28. The Morgan fingerprint density at radius 1 is 1.38 bits per heavy atom. The number of thiocarbonyl (C=S) groups is 1. The molecule has 1 aromatic rings. The Hall–Kier alpha value is -1.86. The predicted octanol–water partition coefficient (Wildman–Crippen LogP) is 2.21. The number of carbonyl (C=O) groups is 2. The molecule has 5 nitrogen and oxygen atoms in total. The minimum absolute atomic E-state index is 0.250. The van der Waals surface area contributed by atoms with Crippen molar-refractivity contribution < 1.29 is 19.4 Å². The molecule has 1 amide bonds. The fourth-order valence-electron chi connectivity index (χ4n) is 2.35. The van der Waals surface area contributed by atoms with Crippen LogP contribution < -0.4 is 9.84 Å². The lowest BCUT2D eigenvalue weighted by Gasteiger charge is -2.27. The van der Waals surface area contributed by atoms with E-state index in [0.29, 0.717) is 24.4 Å². The standard InChI is InChI=1S/C17H19NO4S2/c1-3-5-13(16(20)21)18-15(19)14(24-17(18)23)10-11-6-8-12(9-7-11)22-4-2/h6-10,13H,3-5H2,1-2H3,(H,20,21)/p-1/b14-10-/t13-/m1/s1. The van der Waals surface area contributed by atoms with Crippen molar-refractivity contribution in [2.75, 3.05) is 6.61 Å². The van der Waals surface area contributed by atoms with Crippen LogP contribution in [0, 0.1) is 0 Å². The molecule has 128 valence electrons. The van der Waals surface area contributed by atoms with Gasteiger partial charge in [-0.2, -0.15) is 0 Å². The maximum absolute atomic E-state index is 12.5. The summed E-state index contributed by atoms with van der Waals surface area (Å²) in [6.07, 6.45) is 2.63. The average molecular weight is 364 g/mol. The Kier molecular flexibility index (Phi) is 6.39. The van der Waals surface area contributed by atoms with Crippen molar-refractivity contribution in [3.05, 3.63) is 34.7 Å². The van der Waals surface area contributed by atoms with Crippen molar-refractivity contribution in [1.29, 1.82) is 0 Å². The van der Waals surface area contributed by atoms with Crippen molar-refractivity contribution in [1.82, 2.24) is 4.90 Å². The number of aliphatic carboxylic acids is 1. The second-order valence-electron chi connectivity index (χ2n) is 5.18. The molecule has 1 aromatic carbocycles. The van der Waals surface area contributed by atoms with Gasteiger partial charge in [-0.3, -0.25) is 9.69 Å². The van der Waals surface area contributed by atoms with Crippen LogP contribution in [0.4, 0.5) is 0 Å². The zero-order valence-corrected chi connectivity index (χ0v) is 15.1. The lowest BCUT2D eigenvalue weighted by Crippen LogP contribution is -2.49. The molecule has 0 radical (unpaired) electrons. The van der Waals surface area contributed by atoms with Gasteiger partial charge in [-0.05, 0) is 37.1 Å². The maximum atomic E-state index is 12.5. The largest absolute Gasteiger partial charge is 0.548 e. The number of benzene rings is 1. The summed E-state index contributed by atoms with van der Waals surface area (Å²) in [5.41, 5.74) is 0.819. The highest BCUT2D eigenvalue weighted by Crippen LogP contribution is 2.34. The Bertz CT molecular complexity index is 670. The van der Waals surface area contributed by atoms with Gasteiger partial charge in [0.25, 0.3) is 5.91 Å². The second kappa shape index (κ2) is 8.30. The SMILES string of the molecule is CCC[C@H](C(=O)[O-])N1C(=O)/C(=C/c2ccc(OCC)cc2)SC1=S. The van der Waals surface area contributed by atoms with E-state index in [9.17, 15) is 14.7 Å². The van der Waals surface area contributed by atoms with E-state index in [2.05, 4.69) is 0 Å². The topological polar surface area (TPSA) is 69.7 Å². The van der Waals surface area contributed by atoms with Crippen LogP contribution in [0.25, 0.3) is 6.08 Å². The number of carboxylic acid groups (broad SMARTS) is 1. The van der Waals surface area contributed by atoms with Gasteiger partial charge in [-0.25, -0.2) is 0 Å². The lowest BCUT2D eigenvalue weighted by atomic mass is 10.1. The molecular formula is C17H18NO4S2-. The number of hydrogen-bond acceptors (Lipinski definition) is 6. The first kappa shape index (κ1) is 18.5. The smallest absolute Gasteiger partial charge is 0.266 e. The highest BCUT2D eigenvalue weighted by molar-refractivity contribution is 8.26. The monoisotopic (exact) mass is 364 g/mol. The molecule has 1 heterocycles. The van der Waals surface area contributed by atoms with Crippen molar-refractivity contribution in [3.63, 3.8) is 0 Å². The number of nitrogens with zero attached hydrogens (tertiary/aromatic N) is 1. The van der Waals surface area contributed by atoms with Crippen LogP contribution >= 0.6 is 24.0 Å². The number of hydrogen-bond donors (Lipinski definition) is 0. The highest BCUT2D eigenvalue weighted by atomic mass is 32.2.